The van der Waals surface area contributed by atoms with Gasteiger partial charge in [-0.1, -0.05) is 0 Å². The van der Waals surface area contributed by atoms with Crippen LogP contribution in [0.4, 0.5) is 0 Å². The van der Waals surface area contributed by atoms with Gasteiger partial charge >= 0.3 is 0 Å². The number of hydrogen-bond donors (Lipinski definition) is 0. The fourth-order valence-electron chi connectivity index (χ4n) is 0. The quantitative estimate of drug-likeness (QED) is 0.523. The normalized spacial score (nSPS) is 0. The first kappa shape index (κ1) is 44.1. The summed E-state index contributed by atoms with van der Waals surface area (Å²) in [6, 6.07) is 0. The second-order valence-electron chi connectivity index (χ2n) is 0. The Kier molecular flexibility index (Phi) is 250. The van der Waals surface area contributed by atoms with Gasteiger partial charge in [0, 0.05) is 93.7 Å². The van der Waals surface area contributed by atoms with Crippen molar-refractivity contribution in [3.8, 4) is 0 Å². The van der Waals surface area contributed by atoms with E-state index in [0.717, 1.165) is 0 Å². The van der Waals surface area contributed by atoms with E-state index in [-0.39, 0.29) is 93.7 Å². The summed E-state index contributed by atoms with van der Waals surface area (Å²) < 4.78 is 0. The maximum Gasteiger partial charge on any atom is 0 e. The van der Waals surface area contributed by atoms with Gasteiger partial charge in [-0.25, -0.2) is 0 Å². The van der Waals surface area contributed by atoms with Crippen molar-refractivity contribution in [1.82, 2.24) is 0 Å². The largest absolute Gasteiger partial charge is 0 e. The Balaban J connectivity index is 0. The summed E-state index contributed by atoms with van der Waals surface area (Å²) in [6.07, 6.45) is 0. The zero-order chi connectivity index (χ0) is 0. The van der Waals surface area contributed by atoms with Crippen molar-refractivity contribution >= 4 is 23.1 Å². The Labute approximate surface area is 92.3 Å². The average molecular weight is 264 g/mol. The molecule has 0 saturated carbocycles. The predicted molar refractivity (Wildman–Crippen MR) is 5.75 cm³/mol. The minimum absolute atomic E-state index is 0. The third-order valence-electron chi connectivity index (χ3n) is 0. The SMILES string of the molecule is [Cu].[Fe].[Mg].[Mn].[Zn]. The molecule has 0 heterocycles. The molecule has 0 aliphatic carbocycles. The van der Waals surface area contributed by atoms with Gasteiger partial charge in [-0.2, -0.15) is 0 Å². The monoisotopic (exact) mass is 262 g/mol. The summed E-state index contributed by atoms with van der Waals surface area (Å²) in [7, 11) is 0. The molecular formula is CuFeMgMnZn. The van der Waals surface area contributed by atoms with Gasteiger partial charge in [0.05, 0.1) is 0 Å². The van der Waals surface area contributed by atoms with E-state index in [4.69, 9.17) is 0 Å². The Morgan fingerprint density at radius 2 is 1.00 bits per heavy atom. The van der Waals surface area contributed by atoms with E-state index >= 15 is 0 Å². The Morgan fingerprint density at radius 3 is 1.00 bits per heavy atom. The van der Waals surface area contributed by atoms with Crippen LogP contribution in [0.3, 0.4) is 0 Å². The van der Waals surface area contributed by atoms with Gasteiger partial charge < -0.3 is 0 Å². The Morgan fingerprint density at radius 1 is 1.00 bits per heavy atom. The van der Waals surface area contributed by atoms with Crippen LogP contribution in [0, 0.1) is 0 Å². The summed E-state index contributed by atoms with van der Waals surface area (Å²) in [5.74, 6) is 0. The first-order valence-electron chi connectivity index (χ1n) is 0. The fourth-order valence-corrected chi connectivity index (χ4v) is 0. The van der Waals surface area contributed by atoms with Crippen LogP contribution in [-0.4, -0.2) is 23.1 Å². The smallest absolute Gasteiger partial charge is 0 e. The van der Waals surface area contributed by atoms with E-state index in [0.29, 0.717) is 0 Å². The fraction of sp³-hybridized carbons (Fsp3) is 0. The molecule has 0 saturated heterocycles. The molecule has 5 heavy (non-hydrogen) atoms. The molecule has 0 N–H and O–H groups in total. The van der Waals surface area contributed by atoms with Crippen molar-refractivity contribution in [2.75, 3.05) is 0 Å². The standard InChI is InChI=1S/Cu.Fe.Mg.Mn.Zn. The van der Waals surface area contributed by atoms with Gasteiger partial charge in [0.15, 0.2) is 0 Å². The van der Waals surface area contributed by atoms with Crippen molar-refractivity contribution < 1.29 is 70.7 Å². The molecule has 0 fully saturated rings. The molecule has 0 amide bonds. The molecule has 0 aromatic carbocycles. The molecule has 0 aliphatic heterocycles. The third-order valence-corrected chi connectivity index (χ3v) is 0. The van der Waals surface area contributed by atoms with Gasteiger partial charge in [0.1, 0.15) is 0 Å². The molecule has 0 unspecified atom stereocenters. The second-order valence-corrected chi connectivity index (χ2v) is 0. The van der Waals surface area contributed by atoms with Gasteiger partial charge in [-0.05, 0) is 0 Å². The molecular weight excluding hydrogens is 264 g/mol. The van der Waals surface area contributed by atoms with Gasteiger partial charge in [0.2, 0.25) is 0 Å². The number of rotatable bonds is 0. The molecule has 0 nitrogen and oxygen atoms in total. The van der Waals surface area contributed by atoms with Crippen molar-refractivity contribution in [2.24, 2.45) is 0 Å². The average Bonchev–Trinajstić information content (AvgIpc) is 0. The van der Waals surface area contributed by atoms with Crippen molar-refractivity contribution in [2.45, 2.75) is 0 Å². The molecule has 0 rings (SSSR count). The van der Waals surface area contributed by atoms with Crippen molar-refractivity contribution in [3.05, 3.63) is 0 Å². The van der Waals surface area contributed by atoms with Crippen LogP contribution in [-0.2, 0) is 70.7 Å². The number of hydrogen-bond acceptors (Lipinski definition) is 0. The second kappa shape index (κ2) is 28.3. The molecule has 30 valence electrons. The van der Waals surface area contributed by atoms with Crippen molar-refractivity contribution in [1.29, 1.82) is 0 Å². The summed E-state index contributed by atoms with van der Waals surface area (Å²) in [5, 5.41) is 0. The maximum absolute atomic E-state index is 0. The molecule has 0 spiro atoms. The molecule has 0 aromatic heterocycles. The summed E-state index contributed by atoms with van der Waals surface area (Å²) in [5.41, 5.74) is 0. The molecule has 5 heteroatoms. The van der Waals surface area contributed by atoms with E-state index in [1.165, 1.54) is 0 Å². The van der Waals surface area contributed by atoms with Crippen LogP contribution in [0.25, 0.3) is 0 Å². The Bertz CT molecular complexity index is 11.6. The van der Waals surface area contributed by atoms with Crippen LogP contribution >= 0.6 is 0 Å². The zero-order valence-corrected chi connectivity index (χ0v) is 10.1. The summed E-state index contributed by atoms with van der Waals surface area (Å²) in [4.78, 5) is 0. The zero-order valence-electron chi connectivity index (χ0n) is 2.45. The molecule has 0 aliphatic rings. The Hall–Kier alpha value is 2.95. The first-order valence-corrected chi connectivity index (χ1v) is 0. The molecule has 0 atom stereocenters. The van der Waals surface area contributed by atoms with E-state index in [1.54, 1.807) is 0 Å². The van der Waals surface area contributed by atoms with E-state index in [1.807, 2.05) is 0 Å². The predicted octanol–water partition coefficient (Wildman–Crippen LogP) is -0.391. The minimum atomic E-state index is 0. The van der Waals surface area contributed by atoms with Crippen molar-refractivity contribution in [3.63, 3.8) is 0 Å². The van der Waals surface area contributed by atoms with Gasteiger partial charge in [-0.15, -0.1) is 0 Å². The van der Waals surface area contributed by atoms with E-state index < -0.39 is 0 Å². The van der Waals surface area contributed by atoms with Crippen LogP contribution in [0.2, 0.25) is 0 Å². The van der Waals surface area contributed by atoms with E-state index in [9.17, 15) is 0 Å². The van der Waals surface area contributed by atoms with Gasteiger partial charge in [0.25, 0.3) is 0 Å². The minimum Gasteiger partial charge on any atom is 0 e. The molecule has 0 aromatic rings. The summed E-state index contributed by atoms with van der Waals surface area (Å²) in [6.45, 7) is 0. The van der Waals surface area contributed by atoms with Crippen LogP contribution in [0.15, 0.2) is 0 Å². The topological polar surface area (TPSA) is 0 Å². The molecule has 4 radical (unpaired) electrons. The summed E-state index contributed by atoms with van der Waals surface area (Å²) >= 11 is 0. The third kappa shape index (κ3) is 19.6. The maximum atomic E-state index is 0. The first-order chi connectivity index (χ1) is 0. The van der Waals surface area contributed by atoms with Crippen LogP contribution < -0.4 is 0 Å². The van der Waals surface area contributed by atoms with Crippen LogP contribution in [0.1, 0.15) is 0 Å². The molecule has 0 bridgehead atoms. The van der Waals surface area contributed by atoms with Gasteiger partial charge in [-0.3, -0.25) is 0 Å². The van der Waals surface area contributed by atoms with E-state index in [2.05, 4.69) is 0 Å². The van der Waals surface area contributed by atoms with Crippen LogP contribution in [0.5, 0.6) is 0 Å².